The van der Waals surface area contributed by atoms with Crippen molar-refractivity contribution >= 4 is 11.6 Å². The van der Waals surface area contributed by atoms with Crippen LogP contribution in [0.2, 0.25) is 5.02 Å². The lowest BCUT2D eigenvalue weighted by Gasteiger charge is -2.04. The van der Waals surface area contributed by atoms with Crippen molar-refractivity contribution in [1.29, 1.82) is 0 Å². The molecule has 84 valence electrons. The second-order valence-corrected chi connectivity index (χ2v) is 3.74. The molecule has 2 rings (SSSR count). The molecular weight excluding hydrogens is 231 g/mol. The van der Waals surface area contributed by atoms with Gasteiger partial charge in [-0.3, -0.25) is 0 Å². The zero-order valence-corrected chi connectivity index (χ0v) is 9.37. The van der Waals surface area contributed by atoms with Gasteiger partial charge in [0, 0.05) is 6.54 Å². The third-order valence-corrected chi connectivity index (χ3v) is 2.62. The minimum Gasteiger partial charge on any atom is -0.325 e. The fourth-order valence-electron chi connectivity index (χ4n) is 1.41. The van der Waals surface area contributed by atoms with Gasteiger partial charge >= 0.3 is 0 Å². The van der Waals surface area contributed by atoms with Crippen LogP contribution in [-0.2, 0) is 6.54 Å². The first-order valence-corrected chi connectivity index (χ1v) is 5.08. The van der Waals surface area contributed by atoms with Gasteiger partial charge in [-0.2, -0.15) is 0 Å². The molecule has 1 aromatic heterocycles. The lowest BCUT2D eigenvalue weighted by atomic mass is 10.3. The van der Waals surface area contributed by atoms with Gasteiger partial charge in [-0.25, -0.2) is 9.07 Å². The highest BCUT2D eigenvalue weighted by molar-refractivity contribution is 6.30. The van der Waals surface area contributed by atoms with Crippen LogP contribution >= 0.6 is 11.6 Å². The Morgan fingerprint density at radius 2 is 2.25 bits per heavy atom. The van der Waals surface area contributed by atoms with Crippen molar-refractivity contribution in [2.75, 3.05) is 0 Å². The average Bonchev–Trinajstić information content (AvgIpc) is 2.64. The van der Waals surface area contributed by atoms with Crippen molar-refractivity contribution in [3.05, 3.63) is 40.4 Å². The van der Waals surface area contributed by atoms with E-state index in [0.717, 1.165) is 5.69 Å². The second-order valence-electron chi connectivity index (χ2n) is 3.34. The van der Waals surface area contributed by atoms with Gasteiger partial charge in [0.05, 0.1) is 22.1 Å². The van der Waals surface area contributed by atoms with Gasteiger partial charge in [0.2, 0.25) is 0 Å². The highest BCUT2D eigenvalue weighted by Crippen LogP contribution is 2.19. The summed E-state index contributed by atoms with van der Waals surface area (Å²) in [5.74, 6) is -0.456. The van der Waals surface area contributed by atoms with Gasteiger partial charge in [-0.1, -0.05) is 16.8 Å². The second kappa shape index (κ2) is 4.19. The number of hydrogen-bond acceptors (Lipinski definition) is 3. The number of hydrogen-bond donors (Lipinski definition) is 1. The zero-order chi connectivity index (χ0) is 11.7. The summed E-state index contributed by atoms with van der Waals surface area (Å²) in [6.45, 7) is 2.17. The van der Waals surface area contributed by atoms with E-state index < -0.39 is 5.82 Å². The number of rotatable bonds is 2. The summed E-state index contributed by atoms with van der Waals surface area (Å²) in [7, 11) is 0. The Morgan fingerprint density at radius 1 is 1.50 bits per heavy atom. The molecule has 0 spiro atoms. The largest absolute Gasteiger partial charge is 0.325 e. The predicted molar refractivity (Wildman–Crippen MR) is 59.0 cm³/mol. The molecule has 0 saturated heterocycles. The molecule has 0 radical (unpaired) electrons. The Hall–Kier alpha value is -1.46. The molecular formula is C10H10ClFN4. The Balaban J connectivity index is 2.50. The van der Waals surface area contributed by atoms with Crippen LogP contribution in [0, 0.1) is 12.7 Å². The molecule has 0 atom stereocenters. The molecule has 0 unspecified atom stereocenters. The Labute approximate surface area is 96.8 Å². The summed E-state index contributed by atoms with van der Waals surface area (Å²) in [4.78, 5) is 0. The lowest BCUT2D eigenvalue weighted by molar-refractivity contribution is 0.627. The Bertz CT molecular complexity index is 524. The van der Waals surface area contributed by atoms with Crippen molar-refractivity contribution in [2.45, 2.75) is 13.5 Å². The normalized spacial score (nSPS) is 10.8. The Morgan fingerprint density at radius 3 is 2.81 bits per heavy atom. The first-order valence-electron chi connectivity index (χ1n) is 4.70. The minimum absolute atomic E-state index is 0.0571. The summed E-state index contributed by atoms with van der Waals surface area (Å²) in [6, 6.07) is 4.38. The van der Waals surface area contributed by atoms with Gasteiger partial charge in [-0.15, -0.1) is 5.10 Å². The van der Waals surface area contributed by atoms with E-state index in [1.807, 2.05) is 6.92 Å². The fourth-order valence-corrected chi connectivity index (χ4v) is 1.59. The minimum atomic E-state index is -0.456. The van der Waals surface area contributed by atoms with Gasteiger partial charge in [0.15, 0.2) is 0 Å². The number of nitrogens with zero attached hydrogens (tertiary/aromatic N) is 3. The van der Waals surface area contributed by atoms with Crippen LogP contribution in [0.5, 0.6) is 0 Å². The monoisotopic (exact) mass is 240 g/mol. The van der Waals surface area contributed by atoms with E-state index in [2.05, 4.69) is 10.3 Å². The molecule has 0 aliphatic rings. The lowest BCUT2D eigenvalue weighted by Crippen LogP contribution is -2.02. The molecule has 0 amide bonds. The summed E-state index contributed by atoms with van der Waals surface area (Å²) in [6.07, 6.45) is 0. The third kappa shape index (κ3) is 1.79. The van der Waals surface area contributed by atoms with E-state index >= 15 is 0 Å². The van der Waals surface area contributed by atoms with Crippen molar-refractivity contribution < 1.29 is 4.39 Å². The standard InChI is InChI=1S/C10H10ClFN4/c1-6-10(5-13)14-15-16(6)7-2-3-9(12)8(11)4-7/h2-4H,5,13H2,1H3. The molecule has 1 heterocycles. The van der Waals surface area contributed by atoms with Crippen molar-refractivity contribution in [2.24, 2.45) is 5.73 Å². The topological polar surface area (TPSA) is 56.7 Å². The van der Waals surface area contributed by atoms with Crippen LogP contribution in [0.3, 0.4) is 0 Å². The maximum Gasteiger partial charge on any atom is 0.141 e. The van der Waals surface area contributed by atoms with Crippen LogP contribution in [0.15, 0.2) is 18.2 Å². The Kier molecular flexibility index (Phi) is 2.89. The smallest absolute Gasteiger partial charge is 0.141 e. The predicted octanol–water partition coefficient (Wildman–Crippen LogP) is 1.83. The van der Waals surface area contributed by atoms with E-state index in [1.54, 1.807) is 10.7 Å². The average molecular weight is 241 g/mol. The molecule has 0 aliphatic carbocycles. The number of aromatic nitrogens is 3. The van der Waals surface area contributed by atoms with Crippen LogP contribution in [-0.4, -0.2) is 15.0 Å². The molecule has 0 aliphatic heterocycles. The summed E-state index contributed by atoms with van der Waals surface area (Å²) in [5.41, 5.74) is 7.69. The van der Waals surface area contributed by atoms with Gasteiger partial charge in [0.25, 0.3) is 0 Å². The van der Waals surface area contributed by atoms with Crippen LogP contribution in [0.4, 0.5) is 4.39 Å². The first-order chi connectivity index (χ1) is 7.63. The molecule has 16 heavy (non-hydrogen) atoms. The highest BCUT2D eigenvalue weighted by atomic mass is 35.5. The van der Waals surface area contributed by atoms with E-state index in [-0.39, 0.29) is 5.02 Å². The molecule has 6 heteroatoms. The molecule has 4 nitrogen and oxygen atoms in total. The van der Waals surface area contributed by atoms with Crippen LogP contribution in [0.25, 0.3) is 5.69 Å². The number of nitrogens with two attached hydrogens (primary N) is 1. The van der Waals surface area contributed by atoms with E-state index in [0.29, 0.717) is 17.9 Å². The van der Waals surface area contributed by atoms with Crippen LogP contribution < -0.4 is 5.73 Å². The van der Waals surface area contributed by atoms with Gasteiger partial charge < -0.3 is 5.73 Å². The highest BCUT2D eigenvalue weighted by Gasteiger charge is 2.09. The third-order valence-electron chi connectivity index (χ3n) is 2.33. The maximum atomic E-state index is 13.0. The quantitative estimate of drug-likeness (QED) is 0.871. The molecule has 0 fully saturated rings. The van der Waals surface area contributed by atoms with Crippen molar-refractivity contribution in [1.82, 2.24) is 15.0 Å². The first kappa shape index (κ1) is 11.0. The summed E-state index contributed by atoms with van der Waals surface area (Å²) in [5, 5.41) is 7.90. The van der Waals surface area contributed by atoms with E-state index in [9.17, 15) is 4.39 Å². The molecule has 2 N–H and O–H groups in total. The zero-order valence-electron chi connectivity index (χ0n) is 8.61. The van der Waals surface area contributed by atoms with Gasteiger partial charge in [-0.05, 0) is 25.1 Å². The maximum absolute atomic E-state index is 13.0. The molecule has 1 aromatic carbocycles. The fraction of sp³-hybridized carbons (Fsp3) is 0.200. The summed E-state index contributed by atoms with van der Waals surface area (Å²) >= 11 is 5.70. The van der Waals surface area contributed by atoms with E-state index in [4.69, 9.17) is 17.3 Å². The summed E-state index contributed by atoms with van der Waals surface area (Å²) < 4.78 is 14.6. The van der Waals surface area contributed by atoms with Gasteiger partial charge in [0.1, 0.15) is 5.82 Å². The van der Waals surface area contributed by atoms with Crippen molar-refractivity contribution in [3.8, 4) is 5.69 Å². The van der Waals surface area contributed by atoms with Crippen LogP contribution in [0.1, 0.15) is 11.4 Å². The number of benzene rings is 1. The molecule has 2 aromatic rings. The number of halogens is 2. The van der Waals surface area contributed by atoms with E-state index in [1.165, 1.54) is 12.1 Å². The molecule has 0 bridgehead atoms. The SMILES string of the molecule is Cc1c(CN)nnn1-c1ccc(F)c(Cl)c1. The molecule has 0 saturated carbocycles. The van der Waals surface area contributed by atoms with Crippen molar-refractivity contribution in [3.63, 3.8) is 0 Å².